The SMILES string of the molecule is COc1ccc(C(=O)N2CCC[C@H]2C(=O)NCc2ccccc2)cc1OC. The third kappa shape index (κ3) is 4.22. The minimum Gasteiger partial charge on any atom is -0.493 e. The van der Waals surface area contributed by atoms with Crippen LogP contribution in [0.4, 0.5) is 0 Å². The van der Waals surface area contributed by atoms with Crippen LogP contribution in [0.1, 0.15) is 28.8 Å². The molecule has 1 aliphatic heterocycles. The van der Waals surface area contributed by atoms with E-state index >= 15 is 0 Å². The Hall–Kier alpha value is -3.02. The van der Waals surface area contributed by atoms with Gasteiger partial charge in [-0.3, -0.25) is 9.59 Å². The summed E-state index contributed by atoms with van der Waals surface area (Å²) in [6.07, 6.45) is 1.47. The molecule has 1 saturated heterocycles. The second-order valence-electron chi connectivity index (χ2n) is 6.43. The van der Waals surface area contributed by atoms with E-state index in [0.29, 0.717) is 36.6 Å². The van der Waals surface area contributed by atoms with Gasteiger partial charge in [0, 0.05) is 18.7 Å². The number of ether oxygens (including phenoxy) is 2. The molecule has 0 unspecified atom stereocenters. The molecule has 2 amide bonds. The molecule has 0 saturated carbocycles. The van der Waals surface area contributed by atoms with Gasteiger partial charge in [0.2, 0.25) is 5.91 Å². The molecule has 1 atom stereocenters. The summed E-state index contributed by atoms with van der Waals surface area (Å²) in [5.74, 6) is 0.763. The molecular formula is C21H24N2O4. The predicted octanol–water partition coefficient (Wildman–Crippen LogP) is 2.62. The highest BCUT2D eigenvalue weighted by Crippen LogP contribution is 2.29. The molecule has 1 N–H and O–H groups in total. The number of hydrogen-bond acceptors (Lipinski definition) is 4. The third-order valence-electron chi connectivity index (χ3n) is 4.76. The van der Waals surface area contributed by atoms with Crippen molar-refractivity contribution in [1.82, 2.24) is 10.2 Å². The fourth-order valence-electron chi connectivity index (χ4n) is 3.32. The largest absolute Gasteiger partial charge is 0.493 e. The molecular weight excluding hydrogens is 344 g/mol. The Morgan fingerprint density at radius 3 is 2.52 bits per heavy atom. The lowest BCUT2D eigenvalue weighted by Crippen LogP contribution is -2.45. The number of nitrogens with one attached hydrogen (secondary N) is 1. The zero-order valence-electron chi connectivity index (χ0n) is 15.6. The topological polar surface area (TPSA) is 67.9 Å². The second kappa shape index (κ2) is 8.58. The van der Waals surface area contributed by atoms with Gasteiger partial charge in [0.25, 0.3) is 5.91 Å². The van der Waals surface area contributed by atoms with Crippen molar-refractivity contribution in [3.05, 3.63) is 59.7 Å². The number of hydrogen-bond donors (Lipinski definition) is 1. The summed E-state index contributed by atoms with van der Waals surface area (Å²) in [6.45, 7) is 1.02. The maximum atomic E-state index is 13.0. The molecule has 6 nitrogen and oxygen atoms in total. The van der Waals surface area contributed by atoms with Gasteiger partial charge >= 0.3 is 0 Å². The van der Waals surface area contributed by atoms with Crippen LogP contribution in [0.3, 0.4) is 0 Å². The summed E-state index contributed by atoms with van der Waals surface area (Å²) < 4.78 is 10.5. The van der Waals surface area contributed by atoms with E-state index in [2.05, 4.69) is 5.32 Å². The first kappa shape index (κ1) is 18.8. The van der Waals surface area contributed by atoms with Crippen LogP contribution in [-0.4, -0.2) is 43.5 Å². The van der Waals surface area contributed by atoms with Gasteiger partial charge in [0.15, 0.2) is 11.5 Å². The molecule has 3 rings (SSSR count). The van der Waals surface area contributed by atoms with E-state index in [9.17, 15) is 9.59 Å². The highest BCUT2D eigenvalue weighted by Gasteiger charge is 2.34. The van der Waals surface area contributed by atoms with Crippen molar-refractivity contribution in [2.24, 2.45) is 0 Å². The first-order valence-corrected chi connectivity index (χ1v) is 8.98. The second-order valence-corrected chi connectivity index (χ2v) is 6.43. The van der Waals surface area contributed by atoms with Crippen molar-refractivity contribution >= 4 is 11.8 Å². The average molecular weight is 368 g/mol. The first-order valence-electron chi connectivity index (χ1n) is 8.98. The van der Waals surface area contributed by atoms with Crippen molar-refractivity contribution in [2.45, 2.75) is 25.4 Å². The van der Waals surface area contributed by atoms with Crippen LogP contribution in [-0.2, 0) is 11.3 Å². The van der Waals surface area contributed by atoms with E-state index in [1.165, 1.54) is 7.11 Å². The van der Waals surface area contributed by atoms with Crippen LogP contribution in [0.2, 0.25) is 0 Å². The van der Waals surface area contributed by atoms with Gasteiger partial charge in [0.1, 0.15) is 6.04 Å². The zero-order chi connectivity index (χ0) is 19.2. The number of carbonyl (C=O) groups excluding carboxylic acids is 2. The molecule has 0 bridgehead atoms. The van der Waals surface area contributed by atoms with E-state index in [-0.39, 0.29) is 11.8 Å². The van der Waals surface area contributed by atoms with Gasteiger partial charge in [-0.05, 0) is 36.6 Å². The van der Waals surface area contributed by atoms with E-state index in [0.717, 1.165) is 12.0 Å². The highest BCUT2D eigenvalue weighted by molar-refractivity contribution is 5.98. The number of benzene rings is 2. The van der Waals surface area contributed by atoms with Gasteiger partial charge < -0.3 is 19.7 Å². The molecule has 0 radical (unpaired) electrons. The summed E-state index contributed by atoms with van der Waals surface area (Å²) in [5, 5.41) is 2.94. The number of amides is 2. The Morgan fingerprint density at radius 1 is 1.07 bits per heavy atom. The monoisotopic (exact) mass is 368 g/mol. The van der Waals surface area contributed by atoms with Crippen molar-refractivity contribution in [3.63, 3.8) is 0 Å². The summed E-state index contributed by atoms with van der Waals surface area (Å²) in [5.41, 5.74) is 1.51. The van der Waals surface area contributed by atoms with Gasteiger partial charge in [0.05, 0.1) is 14.2 Å². The average Bonchev–Trinajstić information content (AvgIpc) is 3.21. The summed E-state index contributed by atoms with van der Waals surface area (Å²) in [7, 11) is 3.08. The van der Waals surface area contributed by atoms with Crippen LogP contribution >= 0.6 is 0 Å². The quantitative estimate of drug-likeness (QED) is 0.851. The standard InChI is InChI=1S/C21H24N2O4/c1-26-18-11-10-16(13-19(18)27-2)21(25)23-12-6-9-17(23)20(24)22-14-15-7-4-3-5-8-15/h3-5,7-8,10-11,13,17H,6,9,12,14H2,1-2H3,(H,22,24)/t17-/m0/s1. The number of methoxy groups -OCH3 is 2. The van der Waals surface area contributed by atoms with E-state index in [1.54, 1.807) is 30.2 Å². The van der Waals surface area contributed by atoms with Crippen LogP contribution in [0, 0.1) is 0 Å². The molecule has 2 aromatic carbocycles. The molecule has 0 aliphatic carbocycles. The Morgan fingerprint density at radius 2 is 1.81 bits per heavy atom. The molecule has 1 aliphatic rings. The Kier molecular flexibility index (Phi) is 5.96. The van der Waals surface area contributed by atoms with E-state index in [4.69, 9.17) is 9.47 Å². The summed E-state index contributed by atoms with van der Waals surface area (Å²) >= 11 is 0. The fourth-order valence-corrected chi connectivity index (χ4v) is 3.32. The molecule has 1 heterocycles. The van der Waals surface area contributed by atoms with Crippen molar-refractivity contribution < 1.29 is 19.1 Å². The van der Waals surface area contributed by atoms with Gasteiger partial charge in [-0.1, -0.05) is 30.3 Å². The van der Waals surface area contributed by atoms with Crippen LogP contribution in [0.5, 0.6) is 11.5 Å². The van der Waals surface area contributed by atoms with Crippen LogP contribution < -0.4 is 14.8 Å². The van der Waals surface area contributed by atoms with Gasteiger partial charge in [-0.25, -0.2) is 0 Å². The number of rotatable bonds is 6. The van der Waals surface area contributed by atoms with E-state index in [1.807, 2.05) is 30.3 Å². The smallest absolute Gasteiger partial charge is 0.254 e. The number of likely N-dealkylation sites (tertiary alicyclic amines) is 1. The zero-order valence-corrected chi connectivity index (χ0v) is 15.6. The Balaban J connectivity index is 1.69. The van der Waals surface area contributed by atoms with Crippen molar-refractivity contribution in [1.29, 1.82) is 0 Å². The first-order chi connectivity index (χ1) is 13.1. The maximum Gasteiger partial charge on any atom is 0.254 e. The lowest BCUT2D eigenvalue weighted by molar-refractivity contribution is -0.125. The van der Waals surface area contributed by atoms with Crippen LogP contribution in [0.15, 0.2) is 48.5 Å². The van der Waals surface area contributed by atoms with Crippen LogP contribution in [0.25, 0.3) is 0 Å². The fraction of sp³-hybridized carbons (Fsp3) is 0.333. The van der Waals surface area contributed by atoms with Crippen molar-refractivity contribution in [3.8, 4) is 11.5 Å². The normalized spacial score (nSPS) is 16.1. The Bertz CT molecular complexity index is 807. The molecule has 0 aromatic heterocycles. The Labute approximate surface area is 159 Å². The minimum absolute atomic E-state index is 0.120. The minimum atomic E-state index is -0.450. The molecule has 0 spiro atoms. The number of carbonyl (C=O) groups is 2. The third-order valence-corrected chi connectivity index (χ3v) is 4.76. The van der Waals surface area contributed by atoms with Crippen molar-refractivity contribution in [2.75, 3.05) is 20.8 Å². The molecule has 1 fully saturated rings. The molecule has 2 aromatic rings. The number of nitrogens with zero attached hydrogens (tertiary/aromatic N) is 1. The lowest BCUT2D eigenvalue weighted by atomic mass is 10.1. The molecule has 142 valence electrons. The summed E-state index contributed by atoms with van der Waals surface area (Å²) in [4.78, 5) is 27.2. The highest BCUT2D eigenvalue weighted by atomic mass is 16.5. The maximum absolute atomic E-state index is 13.0. The van der Waals surface area contributed by atoms with E-state index < -0.39 is 6.04 Å². The molecule has 6 heteroatoms. The lowest BCUT2D eigenvalue weighted by Gasteiger charge is -2.24. The predicted molar refractivity (Wildman–Crippen MR) is 102 cm³/mol. The van der Waals surface area contributed by atoms with Gasteiger partial charge in [-0.15, -0.1) is 0 Å². The van der Waals surface area contributed by atoms with Gasteiger partial charge in [-0.2, -0.15) is 0 Å². The molecule has 27 heavy (non-hydrogen) atoms. The summed E-state index contributed by atoms with van der Waals surface area (Å²) in [6, 6.07) is 14.3.